The molecule has 0 spiro atoms. The van der Waals surface area contributed by atoms with E-state index in [1.165, 1.54) is 0 Å². The number of methoxy groups -OCH3 is 2. The molecule has 0 radical (unpaired) electrons. The monoisotopic (exact) mass is 298 g/mol. The molecule has 0 aromatic carbocycles. The molecule has 6 nitrogen and oxygen atoms in total. The SMILES string of the molecule is CCOC(=O)C[C@H](C)[C@@H]1N=C(OC)[C@@H](C(C)C)N=C1OC. The molecule has 0 fully saturated rings. The van der Waals surface area contributed by atoms with E-state index in [2.05, 4.69) is 23.8 Å². The van der Waals surface area contributed by atoms with Gasteiger partial charge in [0.05, 0.1) is 27.2 Å². The molecule has 0 N–H and O–H groups in total. The summed E-state index contributed by atoms with van der Waals surface area (Å²) in [6.45, 7) is 8.21. The highest BCUT2D eigenvalue weighted by Crippen LogP contribution is 2.23. The number of rotatable bonds is 5. The summed E-state index contributed by atoms with van der Waals surface area (Å²) in [4.78, 5) is 20.8. The van der Waals surface area contributed by atoms with Crippen molar-refractivity contribution in [2.24, 2.45) is 21.8 Å². The molecule has 0 amide bonds. The molecule has 1 heterocycles. The predicted molar refractivity (Wildman–Crippen MR) is 81.7 cm³/mol. The van der Waals surface area contributed by atoms with Crippen molar-refractivity contribution in [3.05, 3.63) is 0 Å². The largest absolute Gasteiger partial charge is 0.483 e. The number of ether oxygens (including phenoxy) is 3. The second-order valence-electron chi connectivity index (χ2n) is 5.46. The van der Waals surface area contributed by atoms with E-state index in [-0.39, 0.29) is 36.3 Å². The van der Waals surface area contributed by atoms with Gasteiger partial charge >= 0.3 is 5.97 Å². The normalized spacial score (nSPS) is 23.2. The van der Waals surface area contributed by atoms with Crippen molar-refractivity contribution in [3.63, 3.8) is 0 Å². The first kappa shape index (κ1) is 17.5. The van der Waals surface area contributed by atoms with Crippen LogP contribution >= 0.6 is 0 Å². The first-order chi connectivity index (χ1) is 9.94. The lowest BCUT2D eigenvalue weighted by Crippen LogP contribution is -2.40. The molecule has 0 aliphatic carbocycles. The van der Waals surface area contributed by atoms with E-state index in [4.69, 9.17) is 14.2 Å². The third-order valence-electron chi connectivity index (χ3n) is 3.42. The average molecular weight is 298 g/mol. The zero-order valence-electron chi connectivity index (χ0n) is 13.8. The number of nitrogens with zero attached hydrogens (tertiary/aromatic N) is 2. The smallest absolute Gasteiger partial charge is 0.306 e. The summed E-state index contributed by atoms with van der Waals surface area (Å²) in [6, 6.07) is -0.458. The quantitative estimate of drug-likeness (QED) is 0.729. The summed E-state index contributed by atoms with van der Waals surface area (Å²) in [5.41, 5.74) is 0. The van der Waals surface area contributed by atoms with Gasteiger partial charge in [-0.3, -0.25) is 4.79 Å². The van der Waals surface area contributed by atoms with E-state index in [0.717, 1.165) is 0 Å². The van der Waals surface area contributed by atoms with Crippen molar-refractivity contribution in [3.8, 4) is 0 Å². The van der Waals surface area contributed by atoms with Crippen molar-refractivity contribution >= 4 is 17.8 Å². The Bertz CT molecular complexity index is 418. The maximum absolute atomic E-state index is 11.6. The van der Waals surface area contributed by atoms with Crippen LogP contribution in [0.2, 0.25) is 0 Å². The topological polar surface area (TPSA) is 69.5 Å². The molecule has 1 aliphatic rings. The van der Waals surface area contributed by atoms with E-state index in [9.17, 15) is 4.79 Å². The number of carbonyl (C=O) groups excluding carboxylic acids is 1. The van der Waals surface area contributed by atoms with Gasteiger partial charge in [0, 0.05) is 0 Å². The zero-order chi connectivity index (χ0) is 16.0. The second kappa shape index (κ2) is 8.00. The molecule has 0 saturated carbocycles. The summed E-state index contributed by atoms with van der Waals surface area (Å²) >= 11 is 0. The van der Waals surface area contributed by atoms with Gasteiger partial charge < -0.3 is 14.2 Å². The number of hydrogen-bond acceptors (Lipinski definition) is 6. The minimum Gasteiger partial charge on any atom is -0.483 e. The van der Waals surface area contributed by atoms with Crippen molar-refractivity contribution in [1.82, 2.24) is 0 Å². The van der Waals surface area contributed by atoms with Gasteiger partial charge in [-0.05, 0) is 18.8 Å². The highest BCUT2D eigenvalue weighted by molar-refractivity contribution is 5.94. The number of aliphatic imine (C=N–C) groups is 2. The van der Waals surface area contributed by atoms with Crippen LogP contribution in [0.1, 0.15) is 34.1 Å². The fraction of sp³-hybridized carbons (Fsp3) is 0.800. The van der Waals surface area contributed by atoms with Crippen molar-refractivity contribution in [2.75, 3.05) is 20.8 Å². The van der Waals surface area contributed by atoms with E-state index < -0.39 is 0 Å². The van der Waals surface area contributed by atoms with Gasteiger partial charge in [0.25, 0.3) is 0 Å². The first-order valence-electron chi connectivity index (χ1n) is 7.33. The van der Waals surface area contributed by atoms with Crippen LogP contribution < -0.4 is 0 Å². The molecule has 0 saturated heterocycles. The Balaban J connectivity index is 2.92. The van der Waals surface area contributed by atoms with Crippen LogP contribution in [-0.4, -0.2) is 50.7 Å². The fourth-order valence-electron chi connectivity index (χ4n) is 2.28. The van der Waals surface area contributed by atoms with Crippen molar-refractivity contribution < 1.29 is 19.0 Å². The summed E-state index contributed by atoms with van der Waals surface area (Å²) in [6.07, 6.45) is 0.272. The lowest BCUT2D eigenvalue weighted by molar-refractivity contribution is -0.144. The molecule has 0 unspecified atom stereocenters. The second-order valence-corrected chi connectivity index (χ2v) is 5.46. The zero-order valence-corrected chi connectivity index (χ0v) is 13.8. The van der Waals surface area contributed by atoms with Gasteiger partial charge in [0.15, 0.2) is 0 Å². The fourth-order valence-corrected chi connectivity index (χ4v) is 2.28. The van der Waals surface area contributed by atoms with Gasteiger partial charge in [-0.2, -0.15) is 0 Å². The Hall–Kier alpha value is -1.59. The van der Waals surface area contributed by atoms with Gasteiger partial charge in [0.1, 0.15) is 12.1 Å². The molecular weight excluding hydrogens is 272 g/mol. The third-order valence-corrected chi connectivity index (χ3v) is 3.42. The predicted octanol–water partition coefficient (Wildman–Crippen LogP) is 2.07. The van der Waals surface area contributed by atoms with Gasteiger partial charge in [0.2, 0.25) is 11.8 Å². The van der Waals surface area contributed by atoms with Crippen LogP contribution in [0.5, 0.6) is 0 Å². The number of carbonyl (C=O) groups is 1. The highest BCUT2D eigenvalue weighted by atomic mass is 16.5. The molecule has 1 rings (SSSR count). The molecule has 0 aromatic heterocycles. The maximum atomic E-state index is 11.6. The molecule has 21 heavy (non-hydrogen) atoms. The lowest BCUT2D eigenvalue weighted by atomic mass is 9.95. The number of esters is 1. The molecular formula is C15H26N2O4. The van der Waals surface area contributed by atoms with Crippen LogP contribution in [0.25, 0.3) is 0 Å². The van der Waals surface area contributed by atoms with E-state index in [0.29, 0.717) is 18.4 Å². The van der Waals surface area contributed by atoms with Crippen LogP contribution in [-0.2, 0) is 19.0 Å². The van der Waals surface area contributed by atoms with Crippen LogP contribution in [0, 0.1) is 11.8 Å². The van der Waals surface area contributed by atoms with E-state index in [1.54, 1.807) is 21.1 Å². The third kappa shape index (κ3) is 4.44. The summed E-state index contributed by atoms with van der Waals surface area (Å²) < 4.78 is 15.7. The van der Waals surface area contributed by atoms with Crippen molar-refractivity contribution in [1.29, 1.82) is 0 Å². The highest BCUT2D eigenvalue weighted by Gasteiger charge is 2.34. The summed E-state index contributed by atoms with van der Waals surface area (Å²) in [5, 5.41) is 0. The Labute approximate surface area is 126 Å². The Morgan fingerprint density at radius 2 is 1.62 bits per heavy atom. The van der Waals surface area contributed by atoms with Crippen LogP contribution in [0.4, 0.5) is 0 Å². The lowest BCUT2D eigenvalue weighted by Gasteiger charge is -2.29. The molecule has 120 valence electrons. The van der Waals surface area contributed by atoms with Crippen LogP contribution in [0.3, 0.4) is 0 Å². The summed E-state index contributed by atoms with van der Waals surface area (Å²) in [5.74, 6) is 1.09. The Morgan fingerprint density at radius 3 is 2.10 bits per heavy atom. The van der Waals surface area contributed by atoms with Crippen molar-refractivity contribution in [2.45, 2.75) is 46.2 Å². The van der Waals surface area contributed by atoms with Gasteiger partial charge in [-0.1, -0.05) is 20.8 Å². The van der Waals surface area contributed by atoms with Gasteiger partial charge in [-0.25, -0.2) is 9.98 Å². The minimum atomic E-state index is -0.315. The molecule has 0 bridgehead atoms. The molecule has 0 aromatic rings. The molecule has 1 aliphatic heterocycles. The van der Waals surface area contributed by atoms with Crippen LogP contribution in [0.15, 0.2) is 9.98 Å². The molecule has 3 atom stereocenters. The Kier molecular flexibility index (Phi) is 6.65. The standard InChI is InChI=1S/C15H26N2O4/c1-7-21-11(18)8-10(4)13-15(20-6)16-12(9(2)3)14(17-13)19-5/h9-10,12-13H,7-8H2,1-6H3/t10-,12+,13-/m0/s1. The van der Waals surface area contributed by atoms with E-state index >= 15 is 0 Å². The summed E-state index contributed by atoms with van der Waals surface area (Å²) in [7, 11) is 3.17. The number of hydrogen-bond donors (Lipinski definition) is 0. The molecule has 6 heteroatoms. The average Bonchev–Trinajstić information content (AvgIpc) is 2.45. The van der Waals surface area contributed by atoms with E-state index in [1.807, 2.05) is 6.92 Å². The first-order valence-corrected chi connectivity index (χ1v) is 7.33. The Morgan fingerprint density at radius 1 is 1.10 bits per heavy atom. The van der Waals surface area contributed by atoms with Gasteiger partial charge in [-0.15, -0.1) is 0 Å². The minimum absolute atomic E-state index is 0.0685. The maximum Gasteiger partial charge on any atom is 0.306 e.